The van der Waals surface area contributed by atoms with Gasteiger partial charge in [-0.15, -0.1) is 11.3 Å². The summed E-state index contributed by atoms with van der Waals surface area (Å²) in [5.74, 6) is -4.87. The average Bonchev–Trinajstić information content (AvgIpc) is 3.71. The zero-order valence-electron chi connectivity index (χ0n) is 25.9. The maximum Gasteiger partial charge on any atom is 0.337 e. The molecule has 0 bridgehead atoms. The predicted molar refractivity (Wildman–Crippen MR) is 178 cm³/mol. The number of amides is 1. The molecule has 47 heavy (non-hydrogen) atoms. The lowest BCUT2D eigenvalue weighted by atomic mass is 9.87. The van der Waals surface area contributed by atoms with Crippen LogP contribution in [-0.4, -0.2) is 57.1 Å². The maximum atomic E-state index is 14.0. The van der Waals surface area contributed by atoms with E-state index in [9.17, 15) is 29.4 Å². The second-order valence-corrected chi connectivity index (χ2v) is 12.2. The number of carbonyl (C=O) groups excluding carboxylic acids is 2. The first-order chi connectivity index (χ1) is 22.6. The highest BCUT2D eigenvalue weighted by Crippen LogP contribution is 2.32. The maximum absolute atomic E-state index is 14.0. The van der Waals surface area contributed by atoms with Gasteiger partial charge in [0.1, 0.15) is 5.52 Å². The topological polar surface area (TPSA) is 147 Å². The van der Waals surface area contributed by atoms with Crippen LogP contribution in [0.25, 0.3) is 27.3 Å². The fourth-order valence-corrected chi connectivity index (χ4v) is 6.42. The summed E-state index contributed by atoms with van der Waals surface area (Å²) in [6, 6.07) is 21.8. The molecule has 0 aliphatic carbocycles. The van der Waals surface area contributed by atoms with Crippen LogP contribution in [0, 0.1) is 5.92 Å². The van der Waals surface area contributed by atoms with E-state index in [4.69, 9.17) is 9.15 Å². The van der Waals surface area contributed by atoms with Crippen LogP contribution < -0.4 is 0 Å². The van der Waals surface area contributed by atoms with Gasteiger partial charge in [-0.2, -0.15) is 0 Å². The Morgan fingerprint density at radius 3 is 2.47 bits per heavy atom. The van der Waals surface area contributed by atoms with E-state index in [1.165, 1.54) is 7.11 Å². The number of ether oxygens (including phenoxy) is 1. The lowest BCUT2D eigenvalue weighted by Crippen LogP contribution is -2.43. The third-order valence-electron chi connectivity index (χ3n) is 8.18. The summed E-state index contributed by atoms with van der Waals surface area (Å²) in [4.78, 5) is 55.6. The molecule has 0 saturated carbocycles. The Hall–Kier alpha value is -5.29. The molecule has 0 saturated heterocycles. The number of hydrogen-bond acceptors (Lipinski definition) is 8. The molecule has 1 amide bonds. The monoisotopic (exact) mass is 654 g/mol. The summed E-state index contributed by atoms with van der Waals surface area (Å²) < 4.78 is 11.8. The van der Waals surface area contributed by atoms with E-state index in [1.807, 2.05) is 79.0 Å². The smallest absolute Gasteiger partial charge is 0.337 e. The van der Waals surface area contributed by atoms with Crippen LogP contribution in [-0.2, 0) is 25.7 Å². The number of rotatable bonds is 14. The first kappa shape index (κ1) is 33.1. The number of oxazole rings is 1. The summed E-state index contributed by atoms with van der Waals surface area (Å²) in [6.07, 6.45) is 2.97. The van der Waals surface area contributed by atoms with E-state index in [0.717, 1.165) is 26.7 Å². The van der Waals surface area contributed by atoms with Crippen LogP contribution in [0.5, 0.6) is 0 Å². The minimum absolute atomic E-state index is 0.177. The minimum atomic E-state index is -1.38. The van der Waals surface area contributed by atoms with Crippen molar-refractivity contribution in [3.8, 4) is 0 Å². The van der Waals surface area contributed by atoms with Gasteiger partial charge in [0.15, 0.2) is 5.58 Å². The number of carbonyl (C=O) groups is 4. The second-order valence-electron chi connectivity index (χ2n) is 11.3. The van der Waals surface area contributed by atoms with E-state index in [1.54, 1.807) is 34.4 Å². The van der Waals surface area contributed by atoms with Gasteiger partial charge in [-0.1, -0.05) is 36.4 Å². The number of thiophene rings is 1. The molecule has 2 heterocycles. The van der Waals surface area contributed by atoms with E-state index in [-0.39, 0.29) is 12.5 Å². The lowest BCUT2D eigenvalue weighted by Gasteiger charge is -2.36. The molecule has 242 valence electrons. The number of benzene rings is 3. The van der Waals surface area contributed by atoms with Gasteiger partial charge < -0.3 is 24.3 Å². The lowest BCUT2D eigenvalue weighted by molar-refractivity contribution is -0.151. The van der Waals surface area contributed by atoms with Crippen molar-refractivity contribution in [2.45, 2.75) is 44.7 Å². The zero-order chi connectivity index (χ0) is 33.5. The Kier molecular flexibility index (Phi) is 10.5. The highest BCUT2D eigenvalue weighted by atomic mass is 32.1. The molecule has 2 N–H and O–H groups in total. The van der Waals surface area contributed by atoms with Gasteiger partial charge in [0.25, 0.3) is 0 Å². The third kappa shape index (κ3) is 8.11. The summed E-state index contributed by atoms with van der Waals surface area (Å²) in [7, 11) is 1.31. The SMILES string of the molecule is COC(=O)c1ccc([C@@H](C/C=C/c2nc3ccccc3o2)[C@@H](C)N(Cc2ccc3sccc3c2)C(=O)C[C@H](CC(=O)O)C(=O)O)cc1. The van der Waals surface area contributed by atoms with E-state index >= 15 is 0 Å². The van der Waals surface area contributed by atoms with E-state index in [2.05, 4.69) is 4.98 Å². The van der Waals surface area contributed by atoms with Crippen LogP contribution in [0.4, 0.5) is 0 Å². The number of aromatic nitrogens is 1. The molecule has 0 aliphatic heterocycles. The van der Waals surface area contributed by atoms with Gasteiger partial charge >= 0.3 is 17.9 Å². The van der Waals surface area contributed by atoms with Gasteiger partial charge in [0.05, 0.1) is 25.0 Å². The Morgan fingerprint density at radius 2 is 1.77 bits per heavy atom. The van der Waals surface area contributed by atoms with Crippen LogP contribution >= 0.6 is 11.3 Å². The largest absolute Gasteiger partial charge is 0.481 e. The van der Waals surface area contributed by atoms with Gasteiger partial charge in [0.2, 0.25) is 11.8 Å². The molecule has 0 aliphatic rings. The van der Waals surface area contributed by atoms with Crippen molar-refractivity contribution in [1.82, 2.24) is 9.88 Å². The number of methoxy groups -OCH3 is 1. The number of hydrogen-bond donors (Lipinski definition) is 2. The summed E-state index contributed by atoms with van der Waals surface area (Å²) in [5.41, 5.74) is 3.44. The molecule has 3 aromatic carbocycles. The number of esters is 1. The van der Waals surface area contributed by atoms with Gasteiger partial charge in [-0.3, -0.25) is 14.4 Å². The van der Waals surface area contributed by atoms with E-state index in [0.29, 0.717) is 23.5 Å². The zero-order valence-corrected chi connectivity index (χ0v) is 26.7. The molecular weight excluding hydrogens is 620 g/mol. The van der Waals surface area contributed by atoms with Gasteiger partial charge in [-0.25, -0.2) is 9.78 Å². The first-order valence-electron chi connectivity index (χ1n) is 15.0. The van der Waals surface area contributed by atoms with Crippen LogP contribution in [0.2, 0.25) is 0 Å². The van der Waals surface area contributed by atoms with E-state index < -0.39 is 48.6 Å². The fourth-order valence-electron chi connectivity index (χ4n) is 5.65. The molecule has 5 rings (SSSR count). The molecule has 0 spiro atoms. The quantitative estimate of drug-likeness (QED) is 0.121. The highest BCUT2D eigenvalue weighted by molar-refractivity contribution is 7.17. The molecule has 2 aromatic heterocycles. The molecule has 10 nitrogen and oxygen atoms in total. The number of allylic oxidation sites excluding steroid dienone is 1. The fraction of sp³-hybridized carbons (Fsp3) is 0.250. The van der Waals surface area contributed by atoms with Crippen molar-refractivity contribution in [3.63, 3.8) is 0 Å². The Balaban J connectivity index is 1.50. The standard InChI is InChI=1S/C36H34N2O8S/c1-22(38(33(39)19-27(35(42)43)20-34(40)41)21-23-10-15-31-26(18-23)16-17-47-31)28(24-11-13-25(14-12-24)36(44)45-2)6-5-9-32-37-29-7-3-4-8-30(29)46-32/h3-5,7-18,22,27-28H,6,19-21H2,1-2H3,(H,40,41)(H,42,43)/b9-5+/t22-,27-,28+/m1/s1. The van der Waals surface area contributed by atoms with Crippen molar-refractivity contribution < 1.29 is 38.5 Å². The molecule has 5 aromatic rings. The van der Waals surface area contributed by atoms with Crippen molar-refractivity contribution in [3.05, 3.63) is 107 Å². The second kappa shape index (κ2) is 14.9. The Labute approximate surface area is 274 Å². The predicted octanol–water partition coefficient (Wildman–Crippen LogP) is 7.00. The van der Waals surface area contributed by atoms with Crippen molar-refractivity contribution in [2.75, 3.05) is 7.11 Å². The highest BCUT2D eigenvalue weighted by Gasteiger charge is 2.32. The van der Waals surface area contributed by atoms with Crippen molar-refractivity contribution >= 4 is 62.4 Å². The average molecular weight is 655 g/mol. The number of nitrogens with zero attached hydrogens (tertiary/aromatic N) is 2. The van der Waals surface area contributed by atoms with Crippen molar-refractivity contribution in [2.24, 2.45) is 5.92 Å². The number of aliphatic carboxylic acids is 2. The molecule has 3 atom stereocenters. The Morgan fingerprint density at radius 1 is 1.00 bits per heavy atom. The summed E-state index contributed by atoms with van der Waals surface area (Å²) in [5, 5.41) is 22.1. The number of fused-ring (bicyclic) bond motifs is 2. The molecule has 0 fully saturated rings. The van der Waals surface area contributed by atoms with Crippen molar-refractivity contribution in [1.29, 1.82) is 0 Å². The molecule has 0 radical (unpaired) electrons. The minimum Gasteiger partial charge on any atom is -0.481 e. The van der Waals surface area contributed by atoms with Gasteiger partial charge in [-0.05, 0) is 83.8 Å². The first-order valence-corrected chi connectivity index (χ1v) is 15.9. The molecule has 0 unspecified atom stereocenters. The Bertz CT molecular complexity index is 1890. The number of para-hydroxylation sites is 2. The third-order valence-corrected chi connectivity index (χ3v) is 9.07. The molecular formula is C36H34N2O8S. The number of carboxylic acid groups (broad SMARTS) is 2. The summed E-state index contributed by atoms with van der Waals surface area (Å²) >= 11 is 1.61. The van der Waals surface area contributed by atoms with Crippen LogP contribution in [0.3, 0.4) is 0 Å². The van der Waals surface area contributed by atoms with Gasteiger partial charge in [0, 0.05) is 29.6 Å². The van der Waals surface area contributed by atoms with Crippen LogP contribution in [0.15, 0.2) is 88.7 Å². The van der Waals surface area contributed by atoms with Crippen LogP contribution in [0.1, 0.15) is 59.5 Å². The summed E-state index contributed by atoms with van der Waals surface area (Å²) in [6.45, 7) is 2.07. The molecule has 11 heteroatoms. The number of carboxylic acids is 2. The normalized spacial score (nSPS) is 13.4.